The van der Waals surface area contributed by atoms with E-state index in [9.17, 15) is 4.79 Å². The van der Waals surface area contributed by atoms with E-state index in [2.05, 4.69) is 34.1 Å². The Morgan fingerprint density at radius 3 is 2.42 bits per heavy atom. The van der Waals surface area contributed by atoms with E-state index in [0.717, 1.165) is 55.3 Å². The number of hydrazone groups is 1. The van der Waals surface area contributed by atoms with Gasteiger partial charge in [0.25, 0.3) is 5.91 Å². The van der Waals surface area contributed by atoms with Gasteiger partial charge in [0.05, 0.1) is 25.4 Å². The molecule has 0 bridgehead atoms. The van der Waals surface area contributed by atoms with Gasteiger partial charge in [-0.2, -0.15) is 5.10 Å². The number of carbonyl (C=O) groups excluding carboxylic acids is 1. The van der Waals surface area contributed by atoms with Gasteiger partial charge >= 0.3 is 0 Å². The first-order valence-corrected chi connectivity index (χ1v) is 12.8. The minimum absolute atomic E-state index is 0.00525. The molecule has 2 heterocycles. The molecule has 1 amide bonds. The second kappa shape index (κ2) is 11.2. The van der Waals surface area contributed by atoms with Crippen molar-refractivity contribution in [1.29, 1.82) is 0 Å². The molecule has 0 spiro atoms. The Morgan fingerprint density at radius 1 is 0.944 bits per heavy atom. The predicted molar refractivity (Wildman–Crippen MR) is 143 cm³/mol. The number of ether oxygens (including phenoxy) is 1. The van der Waals surface area contributed by atoms with E-state index in [0.29, 0.717) is 18.0 Å². The number of halogens is 1. The summed E-state index contributed by atoms with van der Waals surface area (Å²) in [7, 11) is 1.65. The first kappa shape index (κ1) is 24.5. The maximum absolute atomic E-state index is 13.6. The van der Waals surface area contributed by atoms with E-state index in [1.54, 1.807) is 12.1 Å². The molecule has 1 atom stereocenters. The van der Waals surface area contributed by atoms with Crippen molar-refractivity contribution < 1.29 is 9.53 Å². The number of hydrogen-bond donors (Lipinski definition) is 0. The maximum Gasteiger partial charge on any atom is 0.257 e. The highest BCUT2D eigenvalue weighted by Gasteiger charge is 2.35. The van der Waals surface area contributed by atoms with Crippen molar-refractivity contribution in [2.45, 2.75) is 19.0 Å². The highest BCUT2D eigenvalue weighted by Crippen LogP contribution is 2.36. The van der Waals surface area contributed by atoms with Gasteiger partial charge in [0.15, 0.2) is 0 Å². The van der Waals surface area contributed by atoms with Crippen LogP contribution in [0, 0.1) is 0 Å². The molecule has 186 valence electrons. The fraction of sp³-hybridized carbons (Fsp3) is 0.310. The molecule has 3 aromatic carbocycles. The summed E-state index contributed by atoms with van der Waals surface area (Å²) >= 11 is 6.57. The van der Waals surface area contributed by atoms with Gasteiger partial charge in [-0.3, -0.25) is 14.6 Å². The smallest absolute Gasteiger partial charge is 0.257 e. The monoisotopic (exact) mass is 502 g/mol. The van der Waals surface area contributed by atoms with Crippen molar-refractivity contribution in [3.05, 3.63) is 101 Å². The molecule has 6 nitrogen and oxygen atoms in total. The molecule has 2 aliphatic rings. The van der Waals surface area contributed by atoms with Gasteiger partial charge in [0.2, 0.25) is 0 Å². The lowest BCUT2D eigenvalue weighted by atomic mass is 9.98. The van der Waals surface area contributed by atoms with Crippen LogP contribution in [-0.2, 0) is 11.3 Å². The third kappa shape index (κ3) is 5.62. The normalized spacial score (nSPS) is 18.8. The topological polar surface area (TPSA) is 48.4 Å². The summed E-state index contributed by atoms with van der Waals surface area (Å²) < 4.78 is 5.40. The van der Waals surface area contributed by atoms with E-state index in [1.165, 1.54) is 5.56 Å². The van der Waals surface area contributed by atoms with Crippen molar-refractivity contribution in [2.24, 2.45) is 5.10 Å². The summed E-state index contributed by atoms with van der Waals surface area (Å²) in [5.74, 6) is 0.761. The minimum Gasteiger partial charge on any atom is -0.497 e. The Hall–Kier alpha value is -3.19. The lowest BCUT2D eigenvalue weighted by molar-refractivity contribution is -0.134. The summed E-state index contributed by atoms with van der Waals surface area (Å²) in [4.78, 5) is 18.2. The molecule has 2 aliphatic heterocycles. The second-order valence-electron chi connectivity index (χ2n) is 9.30. The number of methoxy groups -OCH3 is 1. The fourth-order valence-corrected chi connectivity index (χ4v) is 5.18. The zero-order valence-corrected chi connectivity index (χ0v) is 21.3. The van der Waals surface area contributed by atoms with Gasteiger partial charge < -0.3 is 4.74 Å². The molecule has 1 unspecified atom stereocenters. The van der Waals surface area contributed by atoms with Gasteiger partial charge in [-0.1, -0.05) is 72.3 Å². The number of hydrogen-bond acceptors (Lipinski definition) is 5. The number of rotatable bonds is 7. The molecule has 0 N–H and O–H groups in total. The molecule has 5 rings (SSSR count). The molecule has 7 heteroatoms. The van der Waals surface area contributed by atoms with Crippen LogP contribution in [0.15, 0.2) is 84.0 Å². The first-order chi connectivity index (χ1) is 17.6. The van der Waals surface area contributed by atoms with Crippen LogP contribution in [0.2, 0.25) is 5.02 Å². The first-order valence-electron chi connectivity index (χ1n) is 12.4. The van der Waals surface area contributed by atoms with Crippen LogP contribution in [0.4, 0.5) is 0 Å². The van der Waals surface area contributed by atoms with Crippen LogP contribution in [0.25, 0.3) is 0 Å². The van der Waals surface area contributed by atoms with E-state index >= 15 is 0 Å². The molecule has 0 aromatic heterocycles. The molecule has 36 heavy (non-hydrogen) atoms. The lowest BCUT2D eigenvalue weighted by Gasteiger charge is -2.35. The van der Waals surface area contributed by atoms with Crippen LogP contribution < -0.4 is 4.74 Å². The molecule has 1 saturated heterocycles. The Morgan fingerprint density at radius 2 is 1.67 bits per heavy atom. The number of benzene rings is 3. The highest BCUT2D eigenvalue weighted by molar-refractivity contribution is 6.31. The van der Waals surface area contributed by atoms with Gasteiger partial charge in [-0.15, -0.1) is 0 Å². The summed E-state index contributed by atoms with van der Waals surface area (Å²) in [5, 5.41) is 7.11. The molecule has 0 saturated carbocycles. The van der Waals surface area contributed by atoms with Crippen molar-refractivity contribution in [2.75, 3.05) is 39.8 Å². The van der Waals surface area contributed by atoms with E-state index in [1.807, 2.05) is 54.6 Å². The largest absolute Gasteiger partial charge is 0.497 e. The summed E-state index contributed by atoms with van der Waals surface area (Å²) in [6.07, 6.45) is 0.605. The average molecular weight is 503 g/mol. The summed E-state index contributed by atoms with van der Waals surface area (Å²) in [5.41, 5.74) is 4.05. The average Bonchev–Trinajstić information content (AvgIpc) is 3.36. The summed E-state index contributed by atoms with van der Waals surface area (Å²) in [6, 6.07) is 25.8. The van der Waals surface area contributed by atoms with E-state index < -0.39 is 0 Å². The minimum atomic E-state index is -0.230. The zero-order valence-electron chi connectivity index (χ0n) is 20.5. The number of nitrogens with zero attached hydrogens (tertiary/aromatic N) is 4. The van der Waals surface area contributed by atoms with Gasteiger partial charge in [0, 0.05) is 49.7 Å². The Balaban J connectivity index is 1.29. The van der Waals surface area contributed by atoms with E-state index in [4.69, 9.17) is 21.4 Å². The fourth-order valence-electron chi connectivity index (χ4n) is 4.92. The number of amides is 1. The predicted octanol–water partition coefficient (Wildman–Crippen LogP) is 4.84. The van der Waals surface area contributed by atoms with Crippen LogP contribution in [-0.4, -0.2) is 66.3 Å². The lowest BCUT2D eigenvalue weighted by Crippen LogP contribution is -2.49. The SMILES string of the molecule is COc1cccc(C2=NN(C(=O)CN3CCN(Cc4ccccc4)CC3)C(c3ccccc3Cl)C2)c1. The highest BCUT2D eigenvalue weighted by atomic mass is 35.5. The molecular formula is C29H31ClN4O2. The summed E-state index contributed by atoms with van der Waals surface area (Å²) in [6.45, 7) is 4.88. The molecule has 3 aromatic rings. The van der Waals surface area contributed by atoms with Crippen LogP contribution in [0.5, 0.6) is 5.75 Å². The second-order valence-corrected chi connectivity index (χ2v) is 9.70. The van der Waals surface area contributed by atoms with Gasteiger partial charge in [0.1, 0.15) is 5.75 Å². The van der Waals surface area contributed by atoms with Crippen molar-refractivity contribution in [1.82, 2.24) is 14.8 Å². The van der Waals surface area contributed by atoms with Crippen molar-refractivity contribution in [3.8, 4) is 5.75 Å². The van der Waals surface area contributed by atoms with Gasteiger partial charge in [-0.05, 0) is 29.3 Å². The molecule has 1 fully saturated rings. The third-order valence-electron chi connectivity index (χ3n) is 6.91. The Bertz CT molecular complexity index is 1220. The molecular weight excluding hydrogens is 472 g/mol. The van der Waals surface area contributed by atoms with Crippen LogP contribution in [0.1, 0.15) is 29.2 Å². The Labute approximate surface area is 217 Å². The van der Waals surface area contributed by atoms with Crippen molar-refractivity contribution >= 4 is 23.2 Å². The maximum atomic E-state index is 13.6. The standard InChI is InChI=1S/C29H31ClN4O2/c1-36-24-11-7-10-23(18-24)27-19-28(25-12-5-6-13-26(25)30)34(31-27)29(35)21-33-16-14-32(15-17-33)20-22-8-3-2-4-9-22/h2-13,18,28H,14-17,19-21H2,1H3. The molecule has 0 radical (unpaired) electrons. The zero-order chi connectivity index (χ0) is 24.9. The Kier molecular flexibility index (Phi) is 7.66. The molecule has 0 aliphatic carbocycles. The third-order valence-corrected chi connectivity index (χ3v) is 7.25. The van der Waals surface area contributed by atoms with Crippen LogP contribution in [0.3, 0.4) is 0 Å². The van der Waals surface area contributed by atoms with Crippen LogP contribution >= 0.6 is 11.6 Å². The number of carbonyl (C=O) groups is 1. The van der Waals surface area contributed by atoms with Crippen molar-refractivity contribution in [3.63, 3.8) is 0 Å². The quantitative estimate of drug-likeness (QED) is 0.463. The van der Waals surface area contributed by atoms with E-state index in [-0.39, 0.29) is 11.9 Å². The van der Waals surface area contributed by atoms with Gasteiger partial charge in [-0.25, -0.2) is 5.01 Å². The number of piperazine rings is 1.